The number of amides is 1. The molecule has 0 aliphatic rings. The van der Waals surface area contributed by atoms with Gasteiger partial charge in [0.1, 0.15) is 0 Å². The second kappa shape index (κ2) is 4.92. The predicted molar refractivity (Wildman–Crippen MR) is 66.7 cm³/mol. The fourth-order valence-corrected chi connectivity index (χ4v) is 1.57. The molecule has 16 heavy (non-hydrogen) atoms. The van der Waals surface area contributed by atoms with Crippen molar-refractivity contribution in [3.63, 3.8) is 0 Å². The molecule has 0 aliphatic carbocycles. The number of benzene rings is 1. The second-order valence-electron chi connectivity index (χ2n) is 4.12. The fraction of sp³-hybridized carbons (Fsp3) is 0.385. The van der Waals surface area contributed by atoms with Gasteiger partial charge in [0.25, 0.3) is 0 Å². The summed E-state index contributed by atoms with van der Waals surface area (Å²) < 4.78 is 0. The molecule has 1 aromatic carbocycles. The van der Waals surface area contributed by atoms with Crippen LogP contribution in [0.4, 0.5) is 0 Å². The van der Waals surface area contributed by atoms with Crippen molar-refractivity contribution in [2.24, 2.45) is 5.10 Å². The van der Waals surface area contributed by atoms with Crippen LogP contribution in [-0.2, 0) is 4.79 Å². The van der Waals surface area contributed by atoms with E-state index in [1.54, 1.807) is 0 Å². The molecule has 3 nitrogen and oxygen atoms in total. The Bertz CT molecular complexity index is 447. The molecule has 0 radical (unpaired) electrons. The highest BCUT2D eigenvalue weighted by molar-refractivity contribution is 6.00. The molecular weight excluding hydrogens is 200 g/mol. The largest absolute Gasteiger partial charge is 0.274 e. The third-order valence-corrected chi connectivity index (χ3v) is 2.61. The van der Waals surface area contributed by atoms with E-state index in [-0.39, 0.29) is 5.91 Å². The number of hydrazone groups is 1. The third-order valence-electron chi connectivity index (χ3n) is 2.61. The third kappa shape index (κ3) is 2.92. The molecule has 0 atom stereocenters. The topological polar surface area (TPSA) is 41.5 Å². The summed E-state index contributed by atoms with van der Waals surface area (Å²) in [7, 11) is 0. The number of nitrogens with one attached hydrogen (secondary N) is 1. The van der Waals surface area contributed by atoms with Crippen molar-refractivity contribution in [3.05, 3.63) is 34.4 Å². The summed E-state index contributed by atoms with van der Waals surface area (Å²) >= 11 is 0. The molecule has 0 heterocycles. The lowest BCUT2D eigenvalue weighted by molar-refractivity contribution is -0.118. The molecule has 1 amide bonds. The van der Waals surface area contributed by atoms with Crippen LogP contribution in [0.3, 0.4) is 0 Å². The number of hydrogen-bond acceptors (Lipinski definition) is 2. The van der Waals surface area contributed by atoms with E-state index < -0.39 is 0 Å². The van der Waals surface area contributed by atoms with E-state index in [4.69, 9.17) is 0 Å². The molecule has 0 aliphatic heterocycles. The van der Waals surface area contributed by atoms with Gasteiger partial charge < -0.3 is 0 Å². The molecule has 0 saturated carbocycles. The Kier molecular flexibility index (Phi) is 3.82. The minimum absolute atomic E-state index is 0.152. The van der Waals surface area contributed by atoms with Crippen LogP contribution < -0.4 is 5.43 Å². The standard InChI is InChI=1S/C13H18N2O/c1-8-6-10(3)13(7-9(8)2)11(4)14-15-12(5)16/h6-7H,1-5H3,(H,15,16)/b14-11-. The van der Waals surface area contributed by atoms with Gasteiger partial charge in [-0.05, 0) is 50.5 Å². The minimum Gasteiger partial charge on any atom is -0.274 e. The Labute approximate surface area is 96.6 Å². The highest BCUT2D eigenvalue weighted by Crippen LogP contribution is 2.15. The van der Waals surface area contributed by atoms with Gasteiger partial charge in [-0.25, -0.2) is 5.43 Å². The van der Waals surface area contributed by atoms with E-state index in [9.17, 15) is 4.79 Å². The quantitative estimate of drug-likeness (QED) is 0.601. The Hall–Kier alpha value is -1.64. The minimum atomic E-state index is -0.152. The number of aryl methyl sites for hydroxylation is 3. The van der Waals surface area contributed by atoms with Crippen LogP contribution in [0.2, 0.25) is 0 Å². The van der Waals surface area contributed by atoms with Gasteiger partial charge in [0, 0.05) is 12.5 Å². The van der Waals surface area contributed by atoms with Gasteiger partial charge >= 0.3 is 0 Å². The number of nitrogens with zero attached hydrogens (tertiary/aromatic N) is 1. The van der Waals surface area contributed by atoms with Gasteiger partial charge in [-0.3, -0.25) is 4.79 Å². The van der Waals surface area contributed by atoms with Crippen molar-refractivity contribution in [3.8, 4) is 0 Å². The molecule has 0 bridgehead atoms. The van der Waals surface area contributed by atoms with Crippen LogP contribution in [-0.4, -0.2) is 11.6 Å². The molecule has 1 aromatic rings. The Morgan fingerprint density at radius 1 is 1.06 bits per heavy atom. The molecule has 0 aromatic heterocycles. The average molecular weight is 218 g/mol. The van der Waals surface area contributed by atoms with Gasteiger partial charge in [0.15, 0.2) is 0 Å². The lowest BCUT2D eigenvalue weighted by Crippen LogP contribution is -2.15. The van der Waals surface area contributed by atoms with Crippen LogP contribution in [0.1, 0.15) is 36.1 Å². The van der Waals surface area contributed by atoms with Gasteiger partial charge in [-0.2, -0.15) is 5.10 Å². The maximum absolute atomic E-state index is 10.8. The van der Waals surface area contributed by atoms with Crippen LogP contribution in [0, 0.1) is 20.8 Å². The molecule has 3 heteroatoms. The molecule has 1 rings (SSSR count). The molecule has 0 fully saturated rings. The van der Waals surface area contributed by atoms with Gasteiger partial charge in [0.2, 0.25) is 5.91 Å². The van der Waals surface area contributed by atoms with Gasteiger partial charge in [-0.15, -0.1) is 0 Å². The van der Waals surface area contributed by atoms with Crippen LogP contribution in [0.25, 0.3) is 0 Å². The highest BCUT2D eigenvalue weighted by Gasteiger charge is 2.05. The first-order valence-corrected chi connectivity index (χ1v) is 5.31. The fourth-order valence-electron chi connectivity index (χ4n) is 1.57. The summed E-state index contributed by atoms with van der Waals surface area (Å²) in [5, 5.41) is 4.04. The molecule has 86 valence electrons. The van der Waals surface area contributed by atoms with Crippen LogP contribution in [0.15, 0.2) is 17.2 Å². The summed E-state index contributed by atoms with van der Waals surface area (Å²) in [6.45, 7) is 9.56. The first-order valence-electron chi connectivity index (χ1n) is 5.31. The van der Waals surface area contributed by atoms with Crippen molar-refractivity contribution < 1.29 is 4.79 Å². The van der Waals surface area contributed by atoms with Crippen LogP contribution >= 0.6 is 0 Å². The molecule has 0 saturated heterocycles. The molecular formula is C13H18N2O. The highest BCUT2D eigenvalue weighted by atomic mass is 16.2. The summed E-state index contributed by atoms with van der Waals surface area (Å²) in [5.74, 6) is -0.152. The summed E-state index contributed by atoms with van der Waals surface area (Å²) in [5.41, 5.74) is 8.05. The van der Waals surface area contributed by atoms with E-state index in [1.807, 2.05) is 6.92 Å². The Morgan fingerprint density at radius 3 is 2.19 bits per heavy atom. The smallest absolute Gasteiger partial charge is 0.236 e. The van der Waals surface area contributed by atoms with Crippen molar-refractivity contribution in [2.75, 3.05) is 0 Å². The first kappa shape index (κ1) is 12.4. The van der Waals surface area contributed by atoms with E-state index in [1.165, 1.54) is 23.6 Å². The predicted octanol–water partition coefficient (Wildman–Crippen LogP) is 2.47. The summed E-state index contributed by atoms with van der Waals surface area (Å²) in [6.07, 6.45) is 0. The Balaban J connectivity index is 3.08. The monoisotopic (exact) mass is 218 g/mol. The second-order valence-corrected chi connectivity index (χ2v) is 4.12. The lowest BCUT2D eigenvalue weighted by Gasteiger charge is -2.09. The van der Waals surface area contributed by atoms with Gasteiger partial charge in [-0.1, -0.05) is 6.07 Å². The normalized spacial score (nSPS) is 11.4. The Morgan fingerprint density at radius 2 is 1.62 bits per heavy atom. The SMILES string of the molecule is CC(=O)N/N=C(/C)c1cc(C)c(C)cc1C. The summed E-state index contributed by atoms with van der Waals surface area (Å²) in [4.78, 5) is 10.8. The van der Waals surface area contributed by atoms with E-state index in [0.717, 1.165) is 11.3 Å². The molecule has 1 N–H and O–H groups in total. The maximum atomic E-state index is 10.8. The molecule has 0 unspecified atom stereocenters. The zero-order valence-electron chi connectivity index (χ0n) is 10.5. The zero-order valence-corrected chi connectivity index (χ0v) is 10.5. The van der Waals surface area contributed by atoms with Crippen LogP contribution in [0.5, 0.6) is 0 Å². The van der Waals surface area contributed by atoms with E-state index in [2.05, 4.69) is 43.4 Å². The maximum Gasteiger partial charge on any atom is 0.236 e. The number of carbonyl (C=O) groups excluding carboxylic acids is 1. The van der Waals surface area contributed by atoms with Crippen molar-refractivity contribution in [1.82, 2.24) is 5.43 Å². The average Bonchev–Trinajstić information content (AvgIpc) is 2.20. The van der Waals surface area contributed by atoms with E-state index in [0.29, 0.717) is 0 Å². The van der Waals surface area contributed by atoms with Crippen molar-refractivity contribution in [2.45, 2.75) is 34.6 Å². The molecule has 0 spiro atoms. The van der Waals surface area contributed by atoms with Gasteiger partial charge in [0.05, 0.1) is 5.71 Å². The lowest BCUT2D eigenvalue weighted by atomic mass is 9.98. The zero-order chi connectivity index (χ0) is 12.3. The number of carbonyl (C=O) groups is 1. The summed E-state index contributed by atoms with van der Waals surface area (Å²) in [6, 6.07) is 4.24. The number of hydrogen-bond donors (Lipinski definition) is 1. The van der Waals surface area contributed by atoms with E-state index >= 15 is 0 Å². The first-order chi connectivity index (χ1) is 7.41. The number of rotatable bonds is 2. The van der Waals surface area contributed by atoms with Crippen molar-refractivity contribution in [1.29, 1.82) is 0 Å². The van der Waals surface area contributed by atoms with Crippen molar-refractivity contribution >= 4 is 11.6 Å².